The number of hydrogen-bond donors (Lipinski definition) is 1. The summed E-state index contributed by atoms with van der Waals surface area (Å²) in [5.74, 6) is -1.05. The van der Waals surface area contributed by atoms with Crippen LogP contribution in [0.3, 0.4) is 0 Å². The molecule has 0 saturated heterocycles. The average Bonchev–Trinajstić information content (AvgIpc) is 3.36. The van der Waals surface area contributed by atoms with E-state index in [4.69, 9.17) is 9.15 Å². The van der Waals surface area contributed by atoms with Crippen molar-refractivity contribution in [1.82, 2.24) is 0 Å². The molecule has 1 heterocycles. The Labute approximate surface area is 201 Å². The minimum absolute atomic E-state index is 0.0694. The van der Waals surface area contributed by atoms with Gasteiger partial charge in [-0.05, 0) is 47.8 Å². The summed E-state index contributed by atoms with van der Waals surface area (Å²) in [6.45, 7) is 11.6. The second-order valence-electron chi connectivity index (χ2n) is 12.4. The number of carbonyl (C=O) groups excluding carboxylic acids is 3. The lowest BCUT2D eigenvalue weighted by Crippen LogP contribution is -2.69. The number of furan rings is 1. The molecule has 0 amide bonds. The molecular weight excluding hydrogens is 432 g/mol. The first-order chi connectivity index (χ1) is 15.8. The zero-order valence-corrected chi connectivity index (χ0v) is 21.0. The fourth-order valence-corrected chi connectivity index (χ4v) is 9.03. The molecule has 1 aromatic rings. The number of fused-ring (bicyclic) bond motifs is 5. The van der Waals surface area contributed by atoms with Crippen LogP contribution in [0.25, 0.3) is 0 Å². The number of Topliss-reactive ketones (excluding diaryl/α,β-unsaturated/α-hetero) is 1. The lowest BCUT2D eigenvalue weighted by atomic mass is 9.36. The summed E-state index contributed by atoms with van der Waals surface area (Å²) in [7, 11) is 0. The van der Waals surface area contributed by atoms with Crippen LogP contribution in [0.1, 0.15) is 72.3 Å². The third-order valence-corrected chi connectivity index (χ3v) is 10.6. The highest BCUT2D eigenvalue weighted by molar-refractivity contribution is 5.96. The van der Waals surface area contributed by atoms with Crippen LogP contribution in [0.5, 0.6) is 0 Å². The number of aliphatic hydroxyl groups excluding tert-OH is 1. The largest absolute Gasteiger partial charge is 0.472 e. The lowest BCUT2D eigenvalue weighted by molar-refractivity contribution is -0.238. The van der Waals surface area contributed by atoms with Crippen molar-refractivity contribution in [3.05, 3.63) is 36.3 Å². The summed E-state index contributed by atoms with van der Waals surface area (Å²) in [5, 5.41) is 11.8. The summed E-state index contributed by atoms with van der Waals surface area (Å²) in [5.41, 5.74) is -1.50. The van der Waals surface area contributed by atoms with Crippen molar-refractivity contribution in [1.29, 1.82) is 0 Å². The molecule has 0 radical (unpaired) electrons. The number of carbonyl (C=O) groups is 3. The van der Waals surface area contributed by atoms with Crippen molar-refractivity contribution in [2.24, 2.45) is 39.4 Å². The van der Waals surface area contributed by atoms with Crippen LogP contribution in [0.2, 0.25) is 0 Å². The molecule has 4 aliphatic rings. The Morgan fingerprint density at radius 2 is 1.79 bits per heavy atom. The topological polar surface area (TPSA) is 93.8 Å². The van der Waals surface area contributed by atoms with Crippen LogP contribution in [0.4, 0.5) is 0 Å². The molecule has 3 fully saturated rings. The van der Waals surface area contributed by atoms with Gasteiger partial charge in [-0.3, -0.25) is 14.4 Å². The molecule has 1 N–H and O–H groups in total. The highest BCUT2D eigenvalue weighted by Gasteiger charge is 2.74. The predicted molar refractivity (Wildman–Crippen MR) is 125 cm³/mol. The second kappa shape index (κ2) is 7.16. The summed E-state index contributed by atoms with van der Waals surface area (Å²) in [6.07, 6.45) is 7.07. The molecule has 6 nitrogen and oxygen atoms in total. The van der Waals surface area contributed by atoms with Gasteiger partial charge in [0, 0.05) is 41.4 Å². The van der Waals surface area contributed by atoms with E-state index in [1.807, 2.05) is 26.0 Å². The molecule has 0 bridgehead atoms. The fourth-order valence-electron chi connectivity index (χ4n) is 9.03. The number of esters is 1. The Morgan fingerprint density at radius 3 is 2.41 bits per heavy atom. The number of ketones is 2. The minimum Gasteiger partial charge on any atom is -0.472 e. The number of hydrogen-bond acceptors (Lipinski definition) is 6. The highest BCUT2D eigenvalue weighted by Crippen LogP contribution is 2.73. The standard InChI is InChI=1S/C28H36O6/c1-15(29)34-23-13-20-26(4)9-7-21(31)25(2,3)19(26)12-22(32)28(20,6)24-18(30)11-17(27(23,24)5)16-8-10-33-14-16/h7-10,14,17,19-20,22-24,32H,11-13H2,1-6H3/t17-,19-,20+,22+,23-,24+,26-,27+,28-/m0/s1. The number of allylic oxidation sites excluding steroid dienone is 2. The van der Waals surface area contributed by atoms with Gasteiger partial charge in [-0.15, -0.1) is 0 Å². The quantitative estimate of drug-likeness (QED) is 0.644. The van der Waals surface area contributed by atoms with E-state index in [1.165, 1.54) is 6.92 Å². The first-order valence-electron chi connectivity index (χ1n) is 12.4. The van der Waals surface area contributed by atoms with Crippen molar-refractivity contribution < 1.29 is 28.6 Å². The van der Waals surface area contributed by atoms with Gasteiger partial charge in [0.05, 0.1) is 18.6 Å². The Morgan fingerprint density at radius 1 is 1.09 bits per heavy atom. The van der Waals surface area contributed by atoms with Crippen LogP contribution in [-0.4, -0.2) is 34.9 Å². The van der Waals surface area contributed by atoms with E-state index in [0.29, 0.717) is 19.3 Å². The van der Waals surface area contributed by atoms with Crippen molar-refractivity contribution >= 4 is 17.5 Å². The van der Waals surface area contributed by atoms with E-state index in [9.17, 15) is 19.5 Å². The maximum atomic E-state index is 13.8. The first kappa shape index (κ1) is 23.5. The molecule has 34 heavy (non-hydrogen) atoms. The molecular formula is C28H36O6. The van der Waals surface area contributed by atoms with Crippen LogP contribution in [0, 0.1) is 39.4 Å². The van der Waals surface area contributed by atoms with Gasteiger partial charge in [0.25, 0.3) is 0 Å². The monoisotopic (exact) mass is 468 g/mol. The van der Waals surface area contributed by atoms with Crippen LogP contribution in [-0.2, 0) is 19.1 Å². The van der Waals surface area contributed by atoms with E-state index in [0.717, 1.165) is 5.56 Å². The van der Waals surface area contributed by atoms with Gasteiger partial charge in [0.2, 0.25) is 0 Å². The second-order valence-corrected chi connectivity index (χ2v) is 12.4. The van der Waals surface area contributed by atoms with E-state index in [-0.39, 0.29) is 35.3 Å². The van der Waals surface area contributed by atoms with E-state index >= 15 is 0 Å². The van der Waals surface area contributed by atoms with Crippen molar-refractivity contribution in [2.75, 3.05) is 0 Å². The van der Waals surface area contributed by atoms with E-state index in [1.54, 1.807) is 18.6 Å². The minimum atomic E-state index is -0.746. The molecule has 6 heteroatoms. The van der Waals surface area contributed by atoms with Crippen molar-refractivity contribution in [2.45, 2.75) is 78.9 Å². The molecule has 4 aliphatic carbocycles. The molecule has 3 saturated carbocycles. The Bertz CT molecular complexity index is 1070. The van der Waals surface area contributed by atoms with Crippen LogP contribution >= 0.6 is 0 Å². The zero-order chi connectivity index (χ0) is 24.8. The van der Waals surface area contributed by atoms with Crippen molar-refractivity contribution in [3.63, 3.8) is 0 Å². The lowest BCUT2D eigenvalue weighted by Gasteiger charge is -2.68. The Balaban J connectivity index is 1.70. The first-order valence-corrected chi connectivity index (χ1v) is 12.4. The van der Waals surface area contributed by atoms with Gasteiger partial charge in [-0.1, -0.05) is 40.7 Å². The van der Waals surface area contributed by atoms with E-state index in [2.05, 4.69) is 20.8 Å². The van der Waals surface area contributed by atoms with Gasteiger partial charge in [-0.25, -0.2) is 0 Å². The molecule has 1 aromatic heterocycles. The molecule has 184 valence electrons. The maximum Gasteiger partial charge on any atom is 0.302 e. The third-order valence-electron chi connectivity index (χ3n) is 10.6. The molecule has 0 spiro atoms. The molecule has 0 unspecified atom stereocenters. The predicted octanol–water partition coefficient (Wildman–Crippen LogP) is 4.47. The van der Waals surface area contributed by atoms with Gasteiger partial charge in [0.15, 0.2) is 5.78 Å². The van der Waals surface area contributed by atoms with Crippen LogP contribution in [0.15, 0.2) is 35.2 Å². The third kappa shape index (κ3) is 2.75. The summed E-state index contributed by atoms with van der Waals surface area (Å²) in [6, 6.07) is 1.89. The summed E-state index contributed by atoms with van der Waals surface area (Å²) < 4.78 is 11.4. The fraction of sp³-hybridized carbons (Fsp3) is 0.679. The Hall–Kier alpha value is -2.21. The number of aliphatic hydroxyl groups is 1. The van der Waals surface area contributed by atoms with Gasteiger partial charge in [-0.2, -0.15) is 0 Å². The molecule has 9 atom stereocenters. The molecule has 0 aromatic carbocycles. The zero-order valence-electron chi connectivity index (χ0n) is 21.0. The van der Waals surface area contributed by atoms with Crippen LogP contribution < -0.4 is 0 Å². The van der Waals surface area contributed by atoms with Crippen molar-refractivity contribution in [3.8, 4) is 0 Å². The summed E-state index contributed by atoms with van der Waals surface area (Å²) >= 11 is 0. The van der Waals surface area contributed by atoms with E-state index < -0.39 is 39.8 Å². The van der Waals surface area contributed by atoms with Gasteiger partial charge >= 0.3 is 5.97 Å². The molecule has 5 rings (SSSR count). The molecule has 0 aliphatic heterocycles. The van der Waals surface area contributed by atoms with Gasteiger partial charge < -0.3 is 14.3 Å². The average molecular weight is 469 g/mol. The maximum absolute atomic E-state index is 13.8. The summed E-state index contributed by atoms with van der Waals surface area (Å²) in [4.78, 5) is 39.0. The van der Waals surface area contributed by atoms with Gasteiger partial charge in [0.1, 0.15) is 11.9 Å². The normalized spacial score (nSPS) is 47.0. The number of rotatable bonds is 2. The SMILES string of the molecule is CC(=O)O[C@H]1C[C@@H]2[C@@]3(C)C=CC(=O)C(C)(C)[C@@H]3C[C@@H](O)[C@@]2(C)[C@@H]2C(=O)C[C@@H](c3ccoc3)[C@@]21C. The Kier molecular flexibility index (Phi) is 4.95. The number of ether oxygens (including phenoxy) is 1. The highest BCUT2D eigenvalue weighted by atomic mass is 16.5. The smallest absolute Gasteiger partial charge is 0.302 e.